The number of alkyl halides is 3. The maximum absolute atomic E-state index is 12.2. The fourth-order valence-electron chi connectivity index (χ4n) is 1.06. The number of halogens is 3. The van der Waals surface area contributed by atoms with Gasteiger partial charge in [-0.3, -0.25) is 0 Å². The summed E-state index contributed by atoms with van der Waals surface area (Å²) in [4.78, 5) is 4.84. The second kappa shape index (κ2) is 6.24. The van der Waals surface area contributed by atoms with Crippen LogP contribution in [0.2, 0.25) is 0 Å². The van der Waals surface area contributed by atoms with E-state index in [-0.39, 0.29) is 0 Å². The number of hydrogen-bond donors (Lipinski definition) is 1. The van der Waals surface area contributed by atoms with E-state index in [2.05, 4.69) is 5.16 Å². The minimum Gasteiger partial charge on any atom is -0.396 e. The van der Waals surface area contributed by atoms with Gasteiger partial charge in [0.1, 0.15) is 6.61 Å². The fourth-order valence-corrected chi connectivity index (χ4v) is 1.06. The van der Waals surface area contributed by atoms with E-state index in [1.54, 1.807) is 0 Å². The molecule has 0 heterocycles. The Labute approximate surface area is 97.1 Å². The number of hydrogen-bond acceptors (Lipinski definition) is 3. The molecule has 0 unspecified atom stereocenters. The Balaban J connectivity index is 2.51. The van der Waals surface area contributed by atoms with Gasteiger partial charge in [0.2, 0.25) is 0 Å². The first-order valence-electron chi connectivity index (χ1n) is 5.06. The molecule has 0 aliphatic heterocycles. The first-order valence-corrected chi connectivity index (χ1v) is 5.06. The molecule has 0 spiro atoms. The van der Waals surface area contributed by atoms with Crippen LogP contribution in [-0.2, 0) is 11.0 Å². The Morgan fingerprint density at radius 1 is 1.24 bits per heavy atom. The normalized spacial score (nSPS) is 12.0. The lowest BCUT2D eigenvalue weighted by Crippen LogP contribution is -2.04. The summed E-state index contributed by atoms with van der Waals surface area (Å²) in [6.07, 6.45) is -2.27. The van der Waals surface area contributed by atoms with Crippen molar-refractivity contribution >= 4 is 6.21 Å². The Kier molecular flexibility index (Phi) is 4.96. The van der Waals surface area contributed by atoms with Crippen molar-refractivity contribution in [2.45, 2.75) is 12.6 Å². The molecule has 17 heavy (non-hydrogen) atoms. The summed E-state index contributed by atoms with van der Waals surface area (Å²) in [5, 5.41) is 3.61. The molecule has 0 bridgehead atoms. The number of nitrogens with zero attached hydrogens (tertiary/aromatic N) is 1. The lowest BCUT2D eigenvalue weighted by atomic mass is 10.1. The van der Waals surface area contributed by atoms with Crippen molar-refractivity contribution < 1.29 is 18.0 Å². The summed E-state index contributed by atoms with van der Waals surface area (Å²) in [6, 6.07) is 4.67. The van der Waals surface area contributed by atoms with Crippen LogP contribution in [-0.4, -0.2) is 19.4 Å². The van der Waals surface area contributed by atoms with E-state index in [1.807, 2.05) is 0 Å². The molecule has 94 valence electrons. The fraction of sp³-hybridized carbons (Fsp3) is 0.364. The van der Waals surface area contributed by atoms with E-state index >= 15 is 0 Å². The zero-order chi connectivity index (χ0) is 12.7. The molecule has 0 aliphatic rings. The van der Waals surface area contributed by atoms with Gasteiger partial charge in [-0.05, 0) is 30.7 Å². The highest BCUT2D eigenvalue weighted by molar-refractivity contribution is 5.79. The van der Waals surface area contributed by atoms with E-state index < -0.39 is 11.7 Å². The number of oxime groups is 1. The highest BCUT2D eigenvalue weighted by atomic mass is 19.4. The van der Waals surface area contributed by atoms with Crippen molar-refractivity contribution in [3.05, 3.63) is 35.4 Å². The number of nitrogens with two attached hydrogens (primary N) is 1. The molecule has 1 aromatic rings. The van der Waals surface area contributed by atoms with Crippen molar-refractivity contribution in [2.75, 3.05) is 13.2 Å². The van der Waals surface area contributed by atoms with E-state index in [0.717, 1.165) is 12.1 Å². The minimum atomic E-state index is -4.31. The van der Waals surface area contributed by atoms with Crippen molar-refractivity contribution in [3.63, 3.8) is 0 Å². The molecular weight excluding hydrogens is 233 g/mol. The van der Waals surface area contributed by atoms with E-state index in [9.17, 15) is 13.2 Å². The quantitative estimate of drug-likeness (QED) is 0.492. The van der Waals surface area contributed by atoms with Gasteiger partial charge in [0.25, 0.3) is 0 Å². The zero-order valence-corrected chi connectivity index (χ0v) is 9.07. The third kappa shape index (κ3) is 4.86. The van der Waals surface area contributed by atoms with Gasteiger partial charge in [0, 0.05) is 0 Å². The Hall–Kier alpha value is -1.56. The van der Waals surface area contributed by atoms with Crippen molar-refractivity contribution in [2.24, 2.45) is 10.9 Å². The van der Waals surface area contributed by atoms with Crippen molar-refractivity contribution in [1.29, 1.82) is 0 Å². The largest absolute Gasteiger partial charge is 0.416 e. The van der Waals surface area contributed by atoms with Gasteiger partial charge in [-0.2, -0.15) is 13.2 Å². The average Bonchev–Trinajstić information content (AvgIpc) is 2.28. The molecule has 0 saturated heterocycles. The lowest BCUT2D eigenvalue weighted by Gasteiger charge is -2.05. The predicted molar refractivity (Wildman–Crippen MR) is 58.7 cm³/mol. The molecule has 1 rings (SSSR count). The summed E-state index contributed by atoms with van der Waals surface area (Å²) in [6.45, 7) is 0.906. The van der Waals surface area contributed by atoms with Crippen LogP contribution in [0.3, 0.4) is 0 Å². The highest BCUT2D eigenvalue weighted by Gasteiger charge is 2.29. The summed E-state index contributed by atoms with van der Waals surface area (Å²) >= 11 is 0. The summed E-state index contributed by atoms with van der Waals surface area (Å²) in [7, 11) is 0. The second-order valence-electron chi connectivity index (χ2n) is 3.33. The van der Waals surface area contributed by atoms with Crippen LogP contribution in [0.15, 0.2) is 29.4 Å². The lowest BCUT2D eigenvalue weighted by molar-refractivity contribution is -0.137. The van der Waals surface area contributed by atoms with Crippen LogP contribution < -0.4 is 5.73 Å². The molecule has 0 amide bonds. The molecule has 0 saturated carbocycles. The third-order valence-corrected chi connectivity index (χ3v) is 1.95. The van der Waals surface area contributed by atoms with Crippen LogP contribution in [0.1, 0.15) is 17.5 Å². The Bertz CT molecular complexity index is 360. The summed E-state index contributed by atoms with van der Waals surface area (Å²) < 4.78 is 36.7. The maximum Gasteiger partial charge on any atom is 0.416 e. The molecule has 6 heteroatoms. The molecule has 3 nitrogen and oxygen atoms in total. The molecule has 1 aromatic carbocycles. The first kappa shape index (κ1) is 13.5. The maximum atomic E-state index is 12.2. The Morgan fingerprint density at radius 2 is 1.88 bits per heavy atom. The van der Waals surface area contributed by atoms with Crippen molar-refractivity contribution in [1.82, 2.24) is 0 Å². The van der Waals surface area contributed by atoms with E-state index in [1.165, 1.54) is 18.3 Å². The van der Waals surface area contributed by atoms with Crippen LogP contribution in [0.4, 0.5) is 13.2 Å². The topological polar surface area (TPSA) is 47.6 Å². The number of rotatable bonds is 5. The van der Waals surface area contributed by atoms with Gasteiger partial charge in [-0.1, -0.05) is 17.3 Å². The summed E-state index contributed by atoms with van der Waals surface area (Å²) in [5.74, 6) is 0. The third-order valence-electron chi connectivity index (χ3n) is 1.95. The van der Waals surface area contributed by atoms with Crippen LogP contribution in [0.25, 0.3) is 0 Å². The number of benzene rings is 1. The van der Waals surface area contributed by atoms with E-state index in [0.29, 0.717) is 25.1 Å². The van der Waals surface area contributed by atoms with Crippen LogP contribution in [0.5, 0.6) is 0 Å². The summed E-state index contributed by atoms with van der Waals surface area (Å²) in [5.41, 5.74) is 5.11. The first-order chi connectivity index (χ1) is 8.04. The molecule has 0 fully saturated rings. The monoisotopic (exact) mass is 246 g/mol. The van der Waals surface area contributed by atoms with Gasteiger partial charge < -0.3 is 10.6 Å². The zero-order valence-electron chi connectivity index (χ0n) is 9.07. The second-order valence-corrected chi connectivity index (χ2v) is 3.33. The average molecular weight is 246 g/mol. The SMILES string of the molecule is NCCCON=Cc1ccc(C(F)(F)F)cc1. The highest BCUT2D eigenvalue weighted by Crippen LogP contribution is 2.28. The van der Waals surface area contributed by atoms with Gasteiger partial charge in [-0.15, -0.1) is 0 Å². The molecule has 0 aliphatic carbocycles. The van der Waals surface area contributed by atoms with Gasteiger partial charge in [0.15, 0.2) is 0 Å². The molecule has 0 radical (unpaired) electrons. The van der Waals surface area contributed by atoms with Crippen LogP contribution >= 0.6 is 0 Å². The van der Waals surface area contributed by atoms with Crippen LogP contribution in [0, 0.1) is 0 Å². The predicted octanol–water partition coefficient (Wildman–Crippen LogP) is 2.40. The molecule has 2 N–H and O–H groups in total. The standard InChI is InChI=1S/C11H13F3N2O/c12-11(13,14)10-4-2-9(3-5-10)8-16-17-7-1-6-15/h2-5,8H,1,6-7,15H2. The van der Waals surface area contributed by atoms with Gasteiger partial charge in [-0.25, -0.2) is 0 Å². The molecule has 0 atom stereocenters. The minimum absolute atomic E-state index is 0.396. The van der Waals surface area contributed by atoms with Crippen molar-refractivity contribution in [3.8, 4) is 0 Å². The van der Waals surface area contributed by atoms with Gasteiger partial charge in [0.05, 0.1) is 11.8 Å². The van der Waals surface area contributed by atoms with Gasteiger partial charge >= 0.3 is 6.18 Å². The smallest absolute Gasteiger partial charge is 0.396 e. The van der Waals surface area contributed by atoms with E-state index in [4.69, 9.17) is 10.6 Å². The Morgan fingerprint density at radius 3 is 2.41 bits per heavy atom. The molecular formula is C11H13F3N2O. The molecule has 0 aromatic heterocycles.